The molecule has 1 heterocycles. The van der Waals surface area contributed by atoms with E-state index >= 15 is 0 Å². The van der Waals surface area contributed by atoms with Gasteiger partial charge in [-0.2, -0.15) is 26.3 Å². The molecule has 0 amide bonds. The lowest BCUT2D eigenvalue weighted by atomic mass is 9.91. The van der Waals surface area contributed by atoms with E-state index in [0.29, 0.717) is 4.90 Å². The molecule has 1 aliphatic rings. The summed E-state index contributed by atoms with van der Waals surface area (Å²) in [6, 6.07) is -4.22. The third-order valence-corrected chi connectivity index (χ3v) is 4.39. The fourth-order valence-electron chi connectivity index (χ4n) is 2.40. The Bertz CT molecular complexity index is 427. The van der Waals surface area contributed by atoms with Crippen LogP contribution >= 0.6 is 0 Å². The predicted octanol–water partition coefficient (Wildman–Crippen LogP) is 4.52. The highest BCUT2D eigenvalue weighted by Gasteiger charge is 2.65. The highest BCUT2D eigenvalue weighted by molar-refractivity contribution is 4.94. The molecule has 10 heteroatoms. The van der Waals surface area contributed by atoms with E-state index in [1.807, 2.05) is 0 Å². The first-order valence-electron chi connectivity index (χ1n) is 7.59. The first-order chi connectivity index (χ1) is 10.6. The van der Waals surface area contributed by atoms with Crippen LogP contribution in [0.5, 0.6) is 0 Å². The molecule has 1 rings (SSSR count). The van der Waals surface area contributed by atoms with Crippen molar-refractivity contribution >= 4 is 0 Å². The van der Waals surface area contributed by atoms with Crippen molar-refractivity contribution in [3.05, 3.63) is 0 Å². The second-order valence-corrected chi connectivity index (χ2v) is 6.48. The van der Waals surface area contributed by atoms with Gasteiger partial charge in [0, 0.05) is 19.0 Å². The van der Waals surface area contributed by atoms with Crippen LogP contribution < -0.4 is 0 Å². The van der Waals surface area contributed by atoms with Crippen LogP contribution in [0.4, 0.5) is 35.1 Å². The third-order valence-electron chi connectivity index (χ3n) is 4.39. The van der Waals surface area contributed by atoms with Gasteiger partial charge in [-0.25, -0.2) is 13.7 Å². The monoisotopic (exact) mass is 370 g/mol. The number of rotatable bonds is 8. The van der Waals surface area contributed by atoms with Crippen LogP contribution in [-0.4, -0.2) is 60.4 Å². The molecule has 0 radical (unpaired) electrons. The zero-order valence-electron chi connectivity index (χ0n) is 13.7. The maximum absolute atomic E-state index is 13.9. The van der Waals surface area contributed by atoms with E-state index in [4.69, 9.17) is 0 Å². The summed E-state index contributed by atoms with van der Waals surface area (Å²) in [7, 11) is 1.47. The van der Waals surface area contributed by atoms with Gasteiger partial charge in [0.2, 0.25) is 0 Å². The summed E-state index contributed by atoms with van der Waals surface area (Å²) in [6.45, 7) is 1.78. The molecule has 0 aromatic rings. The van der Waals surface area contributed by atoms with Crippen LogP contribution in [0.2, 0.25) is 0 Å². The number of alkyl halides is 8. The Kier molecular flexibility index (Phi) is 6.18. The quantitative estimate of drug-likeness (QED) is 0.458. The Morgan fingerprint density at radius 1 is 0.875 bits per heavy atom. The third kappa shape index (κ3) is 4.71. The lowest BCUT2D eigenvalue weighted by Gasteiger charge is -2.35. The lowest BCUT2D eigenvalue weighted by molar-refractivity contribution is -0.283. The van der Waals surface area contributed by atoms with Crippen molar-refractivity contribution in [2.45, 2.75) is 56.9 Å². The molecule has 0 bridgehead atoms. The minimum absolute atomic E-state index is 0.170. The molecule has 1 atom stereocenters. The van der Waals surface area contributed by atoms with Gasteiger partial charge in [0.25, 0.3) is 5.92 Å². The van der Waals surface area contributed by atoms with Gasteiger partial charge in [0.05, 0.1) is 19.5 Å². The number of hydrogen-bond acceptors (Lipinski definition) is 2. The van der Waals surface area contributed by atoms with Crippen LogP contribution in [0.1, 0.15) is 33.1 Å². The first kappa shape index (κ1) is 21.4. The van der Waals surface area contributed by atoms with Crippen molar-refractivity contribution < 1.29 is 35.1 Å². The van der Waals surface area contributed by atoms with E-state index in [1.165, 1.54) is 18.9 Å². The van der Waals surface area contributed by atoms with Crippen molar-refractivity contribution in [1.29, 1.82) is 0 Å². The Hall–Kier alpha value is -0.640. The molecule has 0 N–H and O–H groups in total. The average molecular weight is 370 g/mol. The zero-order valence-corrected chi connectivity index (χ0v) is 13.7. The largest absolute Gasteiger partial charge is 0.317 e. The van der Waals surface area contributed by atoms with Crippen LogP contribution in [0.15, 0.2) is 0 Å². The van der Waals surface area contributed by atoms with E-state index in [9.17, 15) is 35.1 Å². The second kappa shape index (κ2) is 6.93. The van der Waals surface area contributed by atoms with Crippen LogP contribution in [-0.2, 0) is 0 Å². The predicted molar refractivity (Wildman–Crippen MR) is 72.7 cm³/mol. The highest BCUT2D eigenvalue weighted by Crippen LogP contribution is 2.49. The highest BCUT2D eigenvalue weighted by atomic mass is 19.3. The lowest BCUT2D eigenvalue weighted by Crippen LogP contribution is -2.52. The molecular formula is C14H22F8N2. The average Bonchev–Trinajstić information content (AvgIpc) is 2.82. The van der Waals surface area contributed by atoms with Crippen LogP contribution in [0.25, 0.3) is 0 Å². The van der Waals surface area contributed by atoms with Crippen molar-refractivity contribution in [2.24, 2.45) is 5.92 Å². The van der Waals surface area contributed by atoms with Crippen molar-refractivity contribution in [1.82, 2.24) is 9.80 Å². The van der Waals surface area contributed by atoms with Crippen LogP contribution in [0.3, 0.4) is 0 Å². The SMILES string of the molecule is CCC(C)C(F)(F)CC(F)(F)C(F)(F)CC(F)(F)N1CCN(C)C1. The van der Waals surface area contributed by atoms with Crippen LogP contribution in [0, 0.1) is 5.92 Å². The zero-order chi connectivity index (χ0) is 19.0. The Labute approximate surface area is 135 Å². The summed E-state index contributed by atoms with van der Waals surface area (Å²) in [5.74, 6) is -16.1. The maximum Gasteiger partial charge on any atom is 0.317 e. The number of halogens is 8. The molecule has 0 saturated carbocycles. The van der Waals surface area contributed by atoms with Gasteiger partial charge in [-0.05, 0) is 13.5 Å². The summed E-state index contributed by atoms with van der Waals surface area (Å²) in [5.41, 5.74) is 0. The Morgan fingerprint density at radius 3 is 1.79 bits per heavy atom. The number of hydrogen-bond donors (Lipinski definition) is 0. The minimum atomic E-state index is -5.26. The van der Waals surface area contributed by atoms with Gasteiger partial charge in [-0.3, -0.25) is 4.90 Å². The van der Waals surface area contributed by atoms with Crippen molar-refractivity contribution in [3.63, 3.8) is 0 Å². The first-order valence-corrected chi connectivity index (χ1v) is 7.59. The maximum atomic E-state index is 13.9. The number of likely N-dealkylation sites (N-methyl/N-ethyl adjacent to an activating group) is 1. The fraction of sp³-hybridized carbons (Fsp3) is 1.00. The molecule has 24 heavy (non-hydrogen) atoms. The van der Waals surface area contributed by atoms with Gasteiger partial charge in [-0.1, -0.05) is 13.8 Å². The standard InChI is InChI=1S/C14H22F8N2/c1-4-10(2)11(15,16)7-12(17,18)13(19,20)8-14(21,22)24-6-5-23(3)9-24/h10H,4-9H2,1-3H3. The van der Waals surface area contributed by atoms with Crippen molar-refractivity contribution in [2.75, 3.05) is 26.8 Å². The minimum Gasteiger partial charge on any atom is -0.292 e. The topological polar surface area (TPSA) is 6.48 Å². The van der Waals surface area contributed by atoms with E-state index in [-0.39, 0.29) is 26.2 Å². The molecule has 2 nitrogen and oxygen atoms in total. The van der Waals surface area contributed by atoms with Gasteiger partial charge in [-0.15, -0.1) is 0 Å². The van der Waals surface area contributed by atoms with Gasteiger partial charge >= 0.3 is 17.9 Å². The normalized spacial score (nSPS) is 20.6. The molecule has 144 valence electrons. The molecule has 1 aliphatic heterocycles. The second-order valence-electron chi connectivity index (χ2n) is 6.48. The van der Waals surface area contributed by atoms with Gasteiger partial charge in [0.1, 0.15) is 0 Å². The molecule has 0 aromatic heterocycles. The molecule has 0 spiro atoms. The van der Waals surface area contributed by atoms with E-state index in [0.717, 1.165) is 6.92 Å². The van der Waals surface area contributed by atoms with E-state index in [1.54, 1.807) is 0 Å². The van der Waals surface area contributed by atoms with Gasteiger partial charge in [0.15, 0.2) is 0 Å². The number of nitrogens with zero attached hydrogens (tertiary/aromatic N) is 2. The molecule has 1 saturated heterocycles. The fourth-order valence-corrected chi connectivity index (χ4v) is 2.40. The van der Waals surface area contributed by atoms with E-state index < -0.39 is 42.6 Å². The summed E-state index contributed by atoms with van der Waals surface area (Å²) < 4.78 is 110. The Morgan fingerprint density at radius 2 is 1.38 bits per heavy atom. The molecular weight excluding hydrogens is 348 g/mol. The summed E-state index contributed by atoms with van der Waals surface area (Å²) >= 11 is 0. The van der Waals surface area contributed by atoms with E-state index in [2.05, 4.69) is 0 Å². The van der Waals surface area contributed by atoms with Gasteiger partial charge < -0.3 is 0 Å². The molecule has 0 aliphatic carbocycles. The summed E-state index contributed by atoms with van der Waals surface area (Å²) in [4.78, 5) is 1.74. The molecule has 1 fully saturated rings. The Balaban J connectivity index is 2.88. The summed E-state index contributed by atoms with van der Waals surface area (Å²) in [5, 5.41) is 0. The molecule has 1 unspecified atom stereocenters. The molecule has 0 aromatic carbocycles. The summed E-state index contributed by atoms with van der Waals surface area (Å²) in [6.07, 6.45) is -5.17. The smallest absolute Gasteiger partial charge is 0.292 e. The van der Waals surface area contributed by atoms with Crippen molar-refractivity contribution in [3.8, 4) is 0 Å².